The predicted molar refractivity (Wildman–Crippen MR) is 80.1 cm³/mol. The number of anilines is 1. The summed E-state index contributed by atoms with van der Waals surface area (Å²) in [6.45, 7) is 8.47. The van der Waals surface area contributed by atoms with Crippen molar-refractivity contribution in [1.82, 2.24) is 4.98 Å². The third-order valence-corrected chi connectivity index (χ3v) is 3.43. The highest BCUT2D eigenvalue weighted by atomic mass is 79.9. The SMILES string of the molecule is CC(C)(C)OC(=O)c1cc(N2CCOCC2)ncc1Br. The number of carbonyl (C=O) groups is 1. The molecule has 0 radical (unpaired) electrons. The number of halogens is 1. The van der Waals surface area contributed by atoms with Gasteiger partial charge in [0.2, 0.25) is 0 Å². The molecule has 1 fully saturated rings. The molecule has 0 atom stereocenters. The van der Waals surface area contributed by atoms with Gasteiger partial charge in [-0.05, 0) is 42.8 Å². The number of aromatic nitrogens is 1. The Morgan fingerprint density at radius 2 is 2.05 bits per heavy atom. The first-order chi connectivity index (χ1) is 9.37. The summed E-state index contributed by atoms with van der Waals surface area (Å²) in [6, 6.07) is 1.77. The van der Waals surface area contributed by atoms with Gasteiger partial charge in [-0.15, -0.1) is 0 Å². The lowest BCUT2D eigenvalue weighted by atomic mass is 10.2. The number of nitrogens with zero attached hydrogens (tertiary/aromatic N) is 2. The van der Waals surface area contributed by atoms with Gasteiger partial charge < -0.3 is 14.4 Å². The summed E-state index contributed by atoms with van der Waals surface area (Å²) in [4.78, 5) is 18.7. The highest BCUT2D eigenvalue weighted by Gasteiger charge is 2.22. The number of ether oxygens (including phenoxy) is 2. The Kier molecular flexibility index (Phi) is 4.65. The topological polar surface area (TPSA) is 51.7 Å². The van der Waals surface area contributed by atoms with E-state index < -0.39 is 5.60 Å². The van der Waals surface area contributed by atoms with Crippen molar-refractivity contribution in [2.24, 2.45) is 0 Å². The Bertz CT molecular complexity index is 494. The molecule has 2 heterocycles. The lowest BCUT2D eigenvalue weighted by Crippen LogP contribution is -2.37. The average molecular weight is 343 g/mol. The van der Waals surface area contributed by atoms with Gasteiger partial charge in [0.05, 0.1) is 23.2 Å². The molecule has 1 aromatic rings. The highest BCUT2D eigenvalue weighted by molar-refractivity contribution is 9.10. The fourth-order valence-electron chi connectivity index (χ4n) is 1.88. The van der Waals surface area contributed by atoms with E-state index in [1.54, 1.807) is 12.3 Å². The quantitative estimate of drug-likeness (QED) is 0.773. The maximum atomic E-state index is 12.2. The molecule has 5 nitrogen and oxygen atoms in total. The second kappa shape index (κ2) is 6.10. The van der Waals surface area contributed by atoms with Crippen LogP contribution in [0, 0.1) is 0 Å². The Labute approximate surface area is 127 Å². The van der Waals surface area contributed by atoms with Gasteiger partial charge in [0.25, 0.3) is 0 Å². The summed E-state index contributed by atoms with van der Waals surface area (Å²) in [5, 5.41) is 0. The summed E-state index contributed by atoms with van der Waals surface area (Å²) in [5.41, 5.74) is -0.0183. The van der Waals surface area contributed by atoms with Crippen LogP contribution in [0.25, 0.3) is 0 Å². The Morgan fingerprint density at radius 1 is 1.40 bits per heavy atom. The van der Waals surface area contributed by atoms with Gasteiger partial charge in [0.1, 0.15) is 11.4 Å². The van der Waals surface area contributed by atoms with Gasteiger partial charge in [-0.3, -0.25) is 0 Å². The maximum absolute atomic E-state index is 12.2. The summed E-state index contributed by atoms with van der Waals surface area (Å²) in [5.74, 6) is 0.429. The molecule has 0 saturated carbocycles. The summed E-state index contributed by atoms with van der Waals surface area (Å²) in [7, 11) is 0. The first-order valence-electron chi connectivity index (χ1n) is 6.58. The largest absolute Gasteiger partial charge is 0.456 e. The van der Waals surface area contributed by atoms with Crippen molar-refractivity contribution in [2.75, 3.05) is 31.2 Å². The minimum Gasteiger partial charge on any atom is -0.456 e. The van der Waals surface area contributed by atoms with E-state index in [4.69, 9.17) is 9.47 Å². The van der Waals surface area contributed by atoms with E-state index in [0.717, 1.165) is 18.9 Å². The molecule has 1 saturated heterocycles. The van der Waals surface area contributed by atoms with Crippen LogP contribution in [-0.2, 0) is 9.47 Å². The lowest BCUT2D eigenvalue weighted by molar-refractivity contribution is 0.00684. The molecule has 2 rings (SSSR count). The monoisotopic (exact) mass is 342 g/mol. The zero-order valence-electron chi connectivity index (χ0n) is 12.0. The Morgan fingerprint density at radius 3 is 2.65 bits per heavy atom. The predicted octanol–water partition coefficient (Wildman–Crippen LogP) is 2.64. The molecular weight excluding hydrogens is 324 g/mol. The van der Waals surface area contributed by atoms with E-state index in [-0.39, 0.29) is 5.97 Å². The van der Waals surface area contributed by atoms with Gasteiger partial charge in [-0.1, -0.05) is 0 Å². The molecular formula is C14H19BrN2O3. The molecule has 0 aliphatic carbocycles. The van der Waals surface area contributed by atoms with Crippen LogP contribution in [0.3, 0.4) is 0 Å². The lowest BCUT2D eigenvalue weighted by Gasteiger charge is -2.28. The molecule has 20 heavy (non-hydrogen) atoms. The number of hydrogen-bond acceptors (Lipinski definition) is 5. The molecule has 110 valence electrons. The van der Waals surface area contributed by atoms with Gasteiger partial charge in [0.15, 0.2) is 0 Å². The number of hydrogen-bond donors (Lipinski definition) is 0. The fourth-order valence-corrected chi connectivity index (χ4v) is 2.26. The molecule has 6 heteroatoms. The zero-order valence-corrected chi connectivity index (χ0v) is 13.6. The van der Waals surface area contributed by atoms with Gasteiger partial charge >= 0.3 is 5.97 Å². The van der Waals surface area contributed by atoms with Crippen molar-refractivity contribution in [3.63, 3.8) is 0 Å². The van der Waals surface area contributed by atoms with Crippen molar-refractivity contribution < 1.29 is 14.3 Å². The normalized spacial score (nSPS) is 16.1. The third kappa shape index (κ3) is 3.93. The molecule has 0 amide bonds. The van der Waals surface area contributed by atoms with Crippen molar-refractivity contribution in [1.29, 1.82) is 0 Å². The van der Waals surface area contributed by atoms with Crippen LogP contribution >= 0.6 is 15.9 Å². The molecule has 0 spiro atoms. The van der Waals surface area contributed by atoms with E-state index in [0.29, 0.717) is 23.2 Å². The van der Waals surface area contributed by atoms with Crippen molar-refractivity contribution >= 4 is 27.7 Å². The van der Waals surface area contributed by atoms with Gasteiger partial charge in [-0.25, -0.2) is 9.78 Å². The minimum atomic E-state index is -0.515. The van der Waals surface area contributed by atoms with Crippen LogP contribution in [0.1, 0.15) is 31.1 Å². The molecule has 0 aromatic carbocycles. The van der Waals surface area contributed by atoms with E-state index in [1.807, 2.05) is 20.8 Å². The van der Waals surface area contributed by atoms with Crippen LogP contribution in [0.15, 0.2) is 16.7 Å². The average Bonchev–Trinajstić information content (AvgIpc) is 2.38. The van der Waals surface area contributed by atoms with Crippen LogP contribution in [-0.4, -0.2) is 42.9 Å². The van der Waals surface area contributed by atoms with Crippen LogP contribution in [0.5, 0.6) is 0 Å². The fraction of sp³-hybridized carbons (Fsp3) is 0.571. The van der Waals surface area contributed by atoms with E-state index in [2.05, 4.69) is 25.8 Å². The van der Waals surface area contributed by atoms with E-state index >= 15 is 0 Å². The molecule has 1 aliphatic rings. The molecule has 0 bridgehead atoms. The van der Waals surface area contributed by atoms with Crippen molar-refractivity contribution in [3.8, 4) is 0 Å². The second-order valence-electron chi connectivity index (χ2n) is 5.62. The van der Waals surface area contributed by atoms with Crippen molar-refractivity contribution in [2.45, 2.75) is 26.4 Å². The molecule has 1 aliphatic heterocycles. The third-order valence-electron chi connectivity index (χ3n) is 2.79. The first kappa shape index (κ1) is 15.3. The van der Waals surface area contributed by atoms with Crippen molar-refractivity contribution in [3.05, 3.63) is 22.3 Å². The number of rotatable bonds is 2. The highest BCUT2D eigenvalue weighted by Crippen LogP contribution is 2.24. The van der Waals surface area contributed by atoms with E-state index in [9.17, 15) is 4.79 Å². The summed E-state index contributed by atoms with van der Waals surface area (Å²) in [6.07, 6.45) is 1.64. The maximum Gasteiger partial charge on any atom is 0.339 e. The first-order valence-corrected chi connectivity index (χ1v) is 7.38. The summed E-state index contributed by atoms with van der Waals surface area (Å²) >= 11 is 3.36. The Balaban J connectivity index is 2.22. The number of pyridine rings is 1. The van der Waals surface area contributed by atoms with Gasteiger partial charge in [-0.2, -0.15) is 0 Å². The van der Waals surface area contributed by atoms with Crippen LogP contribution < -0.4 is 4.90 Å². The van der Waals surface area contributed by atoms with Gasteiger partial charge in [0, 0.05) is 19.3 Å². The number of esters is 1. The number of carbonyl (C=O) groups excluding carboxylic acids is 1. The molecule has 0 N–H and O–H groups in total. The van der Waals surface area contributed by atoms with E-state index in [1.165, 1.54) is 0 Å². The second-order valence-corrected chi connectivity index (χ2v) is 6.48. The smallest absolute Gasteiger partial charge is 0.339 e. The molecule has 1 aromatic heterocycles. The molecule has 0 unspecified atom stereocenters. The minimum absolute atomic E-state index is 0.346. The zero-order chi connectivity index (χ0) is 14.8. The standard InChI is InChI=1S/C14H19BrN2O3/c1-14(2,3)20-13(18)10-8-12(16-9-11(10)15)17-4-6-19-7-5-17/h8-9H,4-7H2,1-3H3. The van der Waals surface area contributed by atoms with Crippen LogP contribution in [0.4, 0.5) is 5.82 Å². The Hall–Kier alpha value is -1.14. The van der Waals surface area contributed by atoms with Crippen LogP contribution in [0.2, 0.25) is 0 Å². The summed E-state index contributed by atoms with van der Waals surface area (Å²) < 4.78 is 11.4. The number of morpholine rings is 1.